The highest BCUT2D eigenvalue weighted by Gasteiger charge is 2.16. The molecule has 2 rings (SSSR count). The maximum Gasteiger partial charge on any atom is 0.280 e. The van der Waals surface area contributed by atoms with E-state index in [1.54, 1.807) is 0 Å². The van der Waals surface area contributed by atoms with Crippen LogP contribution in [-0.2, 0) is 0 Å². The van der Waals surface area contributed by atoms with Gasteiger partial charge in [-0.05, 0) is 29.8 Å². The Morgan fingerprint density at radius 1 is 1.33 bits per heavy atom. The number of pyridine rings is 1. The lowest BCUT2D eigenvalue weighted by Gasteiger charge is -2.12. The molecule has 0 aliphatic carbocycles. The van der Waals surface area contributed by atoms with E-state index >= 15 is 0 Å². The van der Waals surface area contributed by atoms with Crippen LogP contribution in [0.3, 0.4) is 0 Å². The van der Waals surface area contributed by atoms with Gasteiger partial charge in [0.2, 0.25) is 0 Å². The van der Waals surface area contributed by atoms with Crippen molar-refractivity contribution in [3.63, 3.8) is 0 Å². The van der Waals surface area contributed by atoms with Crippen LogP contribution in [0.5, 0.6) is 5.75 Å². The lowest BCUT2D eigenvalue weighted by Crippen LogP contribution is -1.97. The molecule has 0 amide bonds. The summed E-state index contributed by atoms with van der Waals surface area (Å²) in [5.74, 6) is 0.248. The topological polar surface area (TPSA) is 63.0 Å². The van der Waals surface area contributed by atoms with Crippen molar-refractivity contribution in [3.8, 4) is 22.9 Å². The van der Waals surface area contributed by atoms with Gasteiger partial charge < -0.3 is 4.74 Å². The quantitative estimate of drug-likeness (QED) is 0.809. The summed E-state index contributed by atoms with van der Waals surface area (Å²) in [4.78, 5) is 14.7. The molecule has 1 aromatic heterocycles. The number of hydrogen-bond acceptors (Lipinski definition) is 4. The van der Waals surface area contributed by atoms with Crippen LogP contribution >= 0.6 is 0 Å². The summed E-state index contributed by atoms with van der Waals surface area (Å²) in [6, 6.07) is 7.50. The first-order chi connectivity index (χ1) is 10.1. The highest BCUT2D eigenvalue weighted by atomic mass is 19.3. The summed E-state index contributed by atoms with van der Waals surface area (Å²) in [5.41, 5.74) is 0.809. The molecule has 106 valence electrons. The number of nitrogens with zero attached hydrogens (tertiary/aromatic N) is 2. The Kier molecular flexibility index (Phi) is 4.24. The lowest BCUT2D eigenvalue weighted by atomic mass is 9.97. The van der Waals surface area contributed by atoms with Gasteiger partial charge in [-0.25, -0.2) is 8.78 Å². The van der Waals surface area contributed by atoms with Gasteiger partial charge in [0.25, 0.3) is 6.43 Å². The standard InChI is InChI=1S/C15H10F2N2O2/c1-21-14-7-19-13(15(16)17)5-12(14)11-4-9(6-18)2-3-10(11)8-20/h2-5,7-8,15H,1H3. The summed E-state index contributed by atoms with van der Waals surface area (Å²) < 4.78 is 30.7. The number of ether oxygens (including phenoxy) is 1. The van der Waals surface area contributed by atoms with E-state index in [-0.39, 0.29) is 11.3 Å². The average molecular weight is 288 g/mol. The number of alkyl halides is 2. The van der Waals surface area contributed by atoms with Gasteiger partial charge in [-0.15, -0.1) is 0 Å². The predicted molar refractivity (Wildman–Crippen MR) is 71.3 cm³/mol. The van der Waals surface area contributed by atoms with Gasteiger partial charge in [0, 0.05) is 11.1 Å². The zero-order valence-corrected chi connectivity index (χ0v) is 11.0. The van der Waals surface area contributed by atoms with E-state index in [1.807, 2.05) is 6.07 Å². The minimum atomic E-state index is -2.74. The largest absolute Gasteiger partial charge is 0.494 e. The fourth-order valence-corrected chi connectivity index (χ4v) is 1.91. The second-order valence-corrected chi connectivity index (χ2v) is 4.14. The van der Waals surface area contributed by atoms with Crippen molar-refractivity contribution < 1.29 is 18.3 Å². The lowest BCUT2D eigenvalue weighted by molar-refractivity contribution is 0.112. The summed E-state index contributed by atoms with van der Waals surface area (Å²) in [5, 5.41) is 8.94. The van der Waals surface area contributed by atoms with Crippen molar-refractivity contribution >= 4 is 6.29 Å². The summed E-state index contributed by atoms with van der Waals surface area (Å²) in [6.45, 7) is 0. The smallest absolute Gasteiger partial charge is 0.280 e. The molecule has 0 N–H and O–H groups in total. The Morgan fingerprint density at radius 2 is 2.10 bits per heavy atom. The zero-order valence-electron chi connectivity index (χ0n) is 11.0. The van der Waals surface area contributed by atoms with Crippen LogP contribution in [-0.4, -0.2) is 18.4 Å². The number of aldehydes is 1. The SMILES string of the molecule is COc1cnc(C(F)F)cc1-c1cc(C#N)ccc1C=O. The minimum Gasteiger partial charge on any atom is -0.494 e. The number of benzene rings is 1. The molecule has 0 radical (unpaired) electrons. The van der Waals surface area contributed by atoms with Crippen molar-refractivity contribution in [3.05, 3.63) is 47.3 Å². The van der Waals surface area contributed by atoms with Gasteiger partial charge >= 0.3 is 0 Å². The normalized spacial score (nSPS) is 10.2. The molecule has 0 fully saturated rings. The van der Waals surface area contributed by atoms with E-state index in [1.165, 1.54) is 31.5 Å². The fourth-order valence-electron chi connectivity index (χ4n) is 1.91. The summed E-state index contributed by atoms with van der Waals surface area (Å²) in [7, 11) is 1.37. The van der Waals surface area contributed by atoms with Crippen LogP contribution in [0.15, 0.2) is 30.5 Å². The first kappa shape index (κ1) is 14.6. The third-order valence-corrected chi connectivity index (χ3v) is 2.93. The fraction of sp³-hybridized carbons (Fsp3) is 0.133. The molecule has 0 unspecified atom stereocenters. The molecule has 1 heterocycles. The van der Waals surface area contributed by atoms with Gasteiger partial charge in [0.1, 0.15) is 11.4 Å². The van der Waals surface area contributed by atoms with Gasteiger partial charge in [-0.2, -0.15) is 5.26 Å². The molecule has 0 aliphatic heterocycles. The third-order valence-electron chi connectivity index (χ3n) is 2.93. The van der Waals surface area contributed by atoms with Crippen molar-refractivity contribution in [2.45, 2.75) is 6.43 Å². The molecule has 4 nitrogen and oxygen atoms in total. The maximum atomic E-state index is 12.8. The van der Waals surface area contributed by atoms with E-state index in [4.69, 9.17) is 10.00 Å². The second-order valence-electron chi connectivity index (χ2n) is 4.14. The van der Waals surface area contributed by atoms with Gasteiger partial charge in [-0.1, -0.05) is 0 Å². The van der Waals surface area contributed by atoms with Crippen molar-refractivity contribution in [1.29, 1.82) is 5.26 Å². The van der Waals surface area contributed by atoms with Crippen LogP contribution in [0, 0.1) is 11.3 Å². The summed E-state index contributed by atoms with van der Waals surface area (Å²) >= 11 is 0. The highest BCUT2D eigenvalue weighted by molar-refractivity contribution is 5.89. The van der Waals surface area contributed by atoms with Crippen LogP contribution < -0.4 is 4.74 Å². The molecule has 0 aliphatic rings. The molecule has 1 aromatic carbocycles. The Bertz CT molecular complexity index is 724. The Hall–Kier alpha value is -2.81. The molecule has 0 bridgehead atoms. The molecule has 21 heavy (non-hydrogen) atoms. The third kappa shape index (κ3) is 2.87. The molecule has 0 atom stereocenters. The van der Waals surface area contributed by atoms with E-state index in [9.17, 15) is 13.6 Å². The summed E-state index contributed by atoms with van der Waals surface area (Å²) in [6.07, 6.45) is -0.975. The monoisotopic (exact) mass is 288 g/mol. The number of rotatable bonds is 4. The van der Waals surface area contributed by atoms with E-state index < -0.39 is 12.1 Å². The van der Waals surface area contributed by atoms with Crippen LogP contribution in [0.25, 0.3) is 11.1 Å². The number of carbonyl (C=O) groups excluding carboxylic acids is 1. The molecular formula is C15H10F2N2O2. The first-order valence-corrected chi connectivity index (χ1v) is 5.92. The number of methoxy groups -OCH3 is 1. The highest BCUT2D eigenvalue weighted by Crippen LogP contribution is 2.34. The van der Waals surface area contributed by atoms with Gasteiger partial charge in [-0.3, -0.25) is 9.78 Å². The average Bonchev–Trinajstić information content (AvgIpc) is 2.53. The molecule has 6 heteroatoms. The number of aromatic nitrogens is 1. The number of nitriles is 1. The number of carbonyl (C=O) groups is 1. The van der Waals surface area contributed by atoms with Crippen molar-refractivity contribution in [2.75, 3.05) is 7.11 Å². The molecule has 0 spiro atoms. The van der Waals surface area contributed by atoms with Crippen LogP contribution in [0.4, 0.5) is 8.78 Å². The molecular weight excluding hydrogens is 278 g/mol. The van der Waals surface area contributed by atoms with Crippen LogP contribution in [0.1, 0.15) is 28.0 Å². The molecule has 0 saturated carbocycles. The van der Waals surface area contributed by atoms with E-state index in [2.05, 4.69) is 4.98 Å². The van der Waals surface area contributed by atoms with Gasteiger partial charge in [0.05, 0.1) is 24.9 Å². The minimum absolute atomic E-state index is 0.248. The van der Waals surface area contributed by atoms with Crippen LogP contribution in [0.2, 0.25) is 0 Å². The second kappa shape index (κ2) is 6.09. The zero-order chi connectivity index (χ0) is 15.4. The Labute approximate surface area is 119 Å². The Morgan fingerprint density at radius 3 is 2.67 bits per heavy atom. The predicted octanol–water partition coefficient (Wildman–Crippen LogP) is 3.38. The molecule has 0 saturated heterocycles. The van der Waals surface area contributed by atoms with E-state index in [0.717, 1.165) is 6.07 Å². The Balaban J connectivity index is 2.72. The van der Waals surface area contributed by atoms with E-state index in [0.29, 0.717) is 23.0 Å². The maximum absolute atomic E-state index is 12.8. The van der Waals surface area contributed by atoms with Gasteiger partial charge in [0.15, 0.2) is 6.29 Å². The first-order valence-electron chi connectivity index (χ1n) is 5.92. The molecule has 2 aromatic rings. The van der Waals surface area contributed by atoms with Crippen molar-refractivity contribution in [1.82, 2.24) is 4.98 Å². The van der Waals surface area contributed by atoms with Crippen molar-refractivity contribution in [2.24, 2.45) is 0 Å². The number of hydrogen-bond donors (Lipinski definition) is 0. The number of halogens is 2.